The van der Waals surface area contributed by atoms with Gasteiger partial charge in [0.15, 0.2) is 13.2 Å². The number of carbonyl (C=O) groups is 3. The van der Waals surface area contributed by atoms with Gasteiger partial charge in [0, 0.05) is 18.1 Å². The van der Waals surface area contributed by atoms with Gasteiger partial charge in [-0.3, -0.25) is 9.59 Å². The Morgan fingerprint density at radius 3 is 2.40 bits per heavy atom. The van der Waals surface area contributed by atoms with Crippen LogP contribution in [-0.4, -0.2) is 55.7 Å². The first-order chi connectivity index (χ1) is 14.2. The number of aryl methyl sites for hydroxylation is 1. The van der Waals surface area contributed by atoms with Crippen molar-refractivity contribution in [1.82, 2.24) is 4.90 Å². The van der Waals surface area contributed by atoms with Crippen molar-refractivity contribution in [2.75, 3.05) is 32.9 Å². The zero-order valence-corrected chi connectivity index (χ0v) is 18.8. The molecule has 1 heterocycles. The minimum absolute atomic E-state index is 0.174. The van der Waals surface area contributed by atoms with E-state index in [0.717, 1.165) is 11.1 Å². The number of halogens is 1. The Morgan fingerprint density at radius 1 is 1.13 bits per heavy atom. The molecular weight excluding hydrogens is 410 g/mol. The molecule has 2 rings (SSSR count). The molecule has 1 aromatic rings. The molecule has 7 nitrogen and oxygen atoms in total. The molecule has 0 aromatic heterocycles. The van der Waals surface area contributed by atoms with Gasteiger partial charge in [-0.1, -0.05) is 25.4 Å². The number of piperidine rings is 1. The Balaban J connectivity index is 1.78. The third kappa shape index (κ3) is 6.62. The van der Waals surface area contributed by atoms with Crippen LogP contribution in [0.15, 0.2) is 12.1 Å². The van der Waals surface area contributed by atoms with Gasteiger partial charge in [-0.2, -0.15) is 0 Å². The Kier molecular flexibility index (Phi) is 8.96. The van der Waals surface area contributed by atoms with Crippen molar-refractivity contribution < 1.29 is 28.6 Å². The largest absolute Gasteiger partial charge is 0.482 e. The summed E-state index contributed by atoms with van der Waals surface area (Å²) in [4.78, 5) is 37.7. The van der Waals surface area contributed by atoms with Crippen molar-refractivity contribution in [2.24, 2.45) is 5.92 Å². The van der Waals surface area contributed by atoms with Crippen LogP contribution in [0, 0.1) is 12.8 Å². The molecule has 0 unspecified atom stereocenters. The molecule has 0 spiro atoms. The molecular formula is C22H30ClNO6. The molecule has 1 aromatic carbocycles. The molecule has 8 heteroatoms. The van der Waals surface area contributed by atoms with Crippen molar-refractivity contribution in [2.45, 2.75) is 46.5 Å². The molecule has 0 bridgehead atoms. The molecule has 0 saturated carbocycles. The number of esters is 2. The number of rotatable bonds is 8. The van der Waals surface area contributed by atoms with Crippen LogP contribution in [0.3, 0.4) is 0 Å². The summed E-state index contributed by atoms with van der Waals surface area (Å²) in [5, 5.41) is 0.644. The molecule has 0 atom stereocenters. The number of benzene rings is 1. The van der Waals surface area contributed by atoms with E-state index < -0.39 is 5.97 Å². The standard InChI is InChI=1S/C22H30ClNO6/c1-5-28-22(27)16-6-8-24(9-7-16)20(25)12-30-21(26)13-29-19-10-15(4)18(23)11-17(19)14(2)3/h10-11,14,16H,5-9,12-13H2,1-4H3. The van der Waals surface area contributed by atoms with Crippen LogP contribution in [0.2, 0.25) is 5.02 Å². The highest BCUT2D eigenvalue weighted by Crippen LogP contribution is 2.32. The molecule has 0 radical (unpaired) electrons. The monoisotopic (exact) mass is 439 g/mol. The van der Waals surface area contributed by atoms with Gasteiger partial charge in [-0.15, -0.1) is 0 Å². The zero-order chi connectivity index (χ0) is 22.3. The summed E-state index contributed by atoms with van der Waals surface area (Å²) in [7, 11) is 0. The zero-order valence-electron chi connectivity index (χ0n) is 18.0. The minimum atomic E-state index is -0.618. The smallest absolute Gasteiger partial charge is 0.344 e. The summed E-state index contributed by atoms with van der Waals surface area (Å²) in [6, 6.07) is 3.63. The summed E-state index contributed by atoms with van der Waals surface area (Å²) in [5.41, 5.74) is 1.75. The number of carbonyl (C=O) groups excluding carboxylic acids is 3. The number of ether oxygens (including phenoxy) is 3. The van der Waals surface area contributed by atoms with E-state index in [9.17, 15) is 14.4 Å². The molecule has 1 saturated heterocycles. The molecule has 1 amide bonds. The SMILES string of the molecule is CCOC(=O)C1CCN(C(=O)COC(=O)COc2cc(C)c(Cl)cc2C(C)C)CC1. The van der Waals surface area contributed by atoms with Gasteiger partial charge in [0.05, 0.1) is 12.5 Å². The van der Waals surface area contributed by atoms with Gasteiger partial charge in [0.25, 0.3) is 5.91 Å². The summed E-state index contributed by atoms with van der Waals surface area (Å²) < 4.78 is 15.7. The molecule has 1 aliphatic heterocycles. The third-order valence-corrected chi connectivity index (χ3v) is 5.49. The van der Waals surface area contributed by atoms with E-state index in [4.69, 9.17) is 25.8 Å². The summed E-state index contributed by atoms with van der Waals surface area (Å²) in [5.74, 6) is -0.540. The van der Waals surface area contributed by atoms with E-state index in [-0.39, 0.29) is 36.9 Å². The number of nitrogens with zero attached hydrogens (tertiary/aromatic N) is 1. The van der Waals surface area contributed by atoms with E-state index in [1.54, 1.807) is 17.9 Å². The molecule has 30 heavy (non-hydrogen) atoms. The van der Waals surface area contributed by atoms with Gasteiger partial charge in [0.1, 0.15) is 5.75 Å². The average molecular weight is 440 g/mol. The average Bonchev–Trinajstić information content (AvgIpc) is 2.72. The van der Waals surface area contributed by atoms with Crippen molar-refractivity contribution >= 4 is 29.4 Å². The number of likely N-dealkylation sites (tertiary alicyclic amines) is 1. The van der Waals surface area contributed by atoms with Gasteiger partial charge in [0.2, 0.25) is 0 Å². The third-order valence-electron chi connectivity index (χ3n) is 5.08. The Hall–Kier alpha value is -2.28. The predicted molar refractivity (Wildman–Crippen MR) is 113 cm³/mol. The molecule has 1 aliphatic rings. The van der Waals surface area contributed by atoms with Gasteiger partial charge in [-0.25, -0.2) is 4.79 Å². The van der Waals surface area contributed by atoms with Crippen LogP contribution in [0.25, 0.3) is 0 Å². The van der Waals surface area contributed by atoms with Gasteiger partial charge < -0.3 is 19.1 Å². The van der Waals surface area contributed by atoms with Crippen LogP contribution in [0.1, 0.15) is 50.7 Å². The summed E-state index contributed by atoms with van der Waals surface area (Å²) in [6.07, 6.45) is 1.10. The number of hydrogen-bond donors (Lipinski definition) is 0. The van der Waals surface area contributed by atoms with E-state index in [1.807, 2.05) is 26.8 Å². The quantitative estimate of drug-likeness (QED) is 0.576. The highest BCUT2D eigenvalue weighted by atomic mass is 35.5. The summed E-state index contributed by atoms with van der Waals surface area (Å²) >= 11 is 6.18. The maximum absolute atomic E-state index is 12.3. The van der Waals surface area contributed by atoms with E-state index >= 15 is 0 Å². The topological polar surface area (TPSA) is 82.1 Å². The number of amides is 1. The van der Waals surface area contributed by atoms with Crippen LogP contribution in [-0.2, 0) is 23.9 Å². The summed E-state index contributed by atoms with van der Waals surface area (Å²) in [6.45, 7) is 8.25. The fourth-order valence-electron chi connectivity index (χ4n) is 3.28. The van der Waals surface area contributed by atoms with Gasteiger partial charge in [-0.05, 0) is 55.9 Å². The van der Waals surface area contributed by atoms with E-state index in [1.165, 1.54) is 0 Å². The highest BCUT2D eigenvalue weighted by Gasteiger charge is 2.28. The highest BCUT2D eigenvalue weighted by molar-refractivity contribution is 6.31. The van der Waals surface area contributed by atoms with Crippen LogP contribution in [0.5, 0.6) is 5.75 Å². The molecule has 1 fully saturated rings. The van der Waals surface area contributed by atoms with Gasteiger partial charge >= 0.3 is 11.9 Å². The normalized spacial score (nSPS) is 14.5. The first-order valence-corrected chi connectivity index (χ1v) is 10.6. The lowest BCUT2D eigenvalue weighted by molar-refractivity contribution is -0.155. The first kappa shape index (κ1) is 24.0. The lowest BCUT2D eigenvalue weighted by Crippen LogP contribution is -2.42. The van der Waals surface area contributed by atoms with Crippen molar-refractivity contribution in [3.05, 3.63) is 28.3 Å². The lowest BCUT2D eigenvalue weighted by atomic mass is 9.97. The Bertz CT molecular complexity index is 771. The molecule has 0 N–H and O–H groups in total. The fourth-order valence-corrected chi connectivity index (χ4v) is 3.46. The number of hydrogen-bond acceptors (Lipinski definition) is 6. The minimum Gasteiger partial charge on any atom is -0.482 e. The first-order valence-electron chi connectivity index (χ1n) is 10.3. The van der Waals surface area contributed by atoms with Crippen molar-refractivity contribution in [1.29, 1.82) is 0 Å². The second-order valence-electron chi connectivity index (χ2n) is 7.65. The second-order valence-corrected chi connectivity index (χ2v) is 8.06. The van der Waals surface area contributed by atoms with Crippen molar-refractivity contribution in [3.8, 4) is 5.75 Å². The fraction of sp³-hybridized carbons (Fsp3) is 0.591. The van der Waals surface area contributed by atoms with Crippen LogP contribution < -0.4 is 4.74 Å². The predicted octanol–water partition coefficient (Wildman–Crippen LogP) is 3.50. The second kappa shape index (κ2) is 11.2. The Morgan fingerprint density at radius 2 is 1.80 bits per heavy atom. The molecule has 166 valence electrons. The molecule has 0 aliphatic carbocycles. The lowest BCUT2D eigenvalue weighted by Gasteiger charge is -2.30. The maximum atomic E-state index is 12.3. The van der Waals surface area contributed by atoms with E-state index in [2.05, 4.69) is 0 Å². The Labute approximate surface area is 182 Å². The van der Waals surface area contributed by atoms with E-state index in [0.29, 0.717) is 43.3 Å². The van der Waals surface area contributed by atoms with Crippen LogP contribution in [0.4, 0.5) is 0 Å². The maximum Gasteiger partial charge on any atom is 0.344 e. The van der Waals surface area contributed by atoms with Crippen LogP contribution >= 0.6 is 11.6 Å². The van der Waals surface area contributed by atoms with Crippen molar-refractivity contribution in [3.63, 3.8) is 0 Å².